The normalized spacial score (nSPS) is 12.0. The molecule has 276 valence electrons. The van der Waals surface area contributed by atoms with Crippen LogP contribution in [0, 0.1) is 29.1 Å². The summed E-state index contributed by atoms with van der Waals surface area (Å²) in [6.07, 6.45) is -0.378. The largest absolute Gasteiger partial charge is 0.573 e. The number of rotatable bonds is 13. The number of ether oxygens (including phenoxy) is 2. The fraction of sp³-hybridized carbons (Fsp3) is 0.150. The Kier molecular flexibility index (Phi) is 11.9. The second-order valence-electron chi connectivity index (χ2n) is 11.7. The van der Waals surface area contributed by atoms with Crippen molar-refractivity contribution in [3.05, 3.63) is 155 Å². The van der Waals surface area contributed by atoms with Gasteiger partial charge in [0.2, 0.25) is 0 Å². The molecule has 0 heterocycles. The van der Waals surface area contributed by atoms with E-state index in [1.54, 1.807) is 12.1 Å². The molecule has 0 aliphatic carbocycles. The van der Waals surface area contributed by atoms with E-state index in [0.29, 0.717) is 35.9 Å². The van der Waals surface area contributed by atoms with Crippen molar-refractivity contribution in [1.29, 1.82) is 0 Å². The molecule has 0 aliphatic heterocycles. The Labute approximate surface area is 302 Å². The summed E-state index contributed by atoms with van der Waals surface area (Å²) in [5.41, 5.74) is -1.51. The van der Waals surface area contributed by atoms with Crippen molar-refractivity contribution in [2.75, 3.05) is 0 Å². The molecule has 5 aromatic rings. The fourth-order valence-corrected chi connectivity index (χ4v) is 5.76. The van der Waals surface area contributed by atoms with E-state index in [9.17, 15) is 17.6 Å². The minimum absolute atomic E-state index is 0.195. The van der Waals surface area contributed by atoms with Gasteiger partial charge in [-0.1, -0.05) is 72.3 Å². The number of aryl methyl sites for hydroxylation is 1. The van der Waals surface area contributed by atoms with Gasteiger partial charge in [-0.3, -0.25) is 0 Å². The molecule has 5 aromatic carbocycles. The predicted octanol–water partition coefficient (Wildman–Crippen LogP) is 13.5. The quantitative estimate of drug-likeness (QED) is 0.0675. The van der Waals surface area contributed by atoms with Crippen LogP contribution in [0.4, 0.5) is 43.9 Å². The van der Waals surface area contributed by atoms with E-state index in [4.69, 9.17) is 11.6 Å². The first kappa shape index (κ1) is 39.0. The smallest absolute Gasteiger partial charge is 0.429 e. The van der Waals surface area contributed by atoms with Gasteiger partial charge in [-0.25, -0.2) is 22.0 Å². The van der Waals surface area contributed by atoms with Gasteiger partial charge in [0.25, 0.3) is 0 Å². The highest BCUT2D eigenvalue weighted by molar-refractivity contribution is 6.31. The maximum atomic E-state index is 15.3. The lowest BCUT2D eigenvalue weighted by molar-refractivity contribution is -0.275. The molecule has 0 aliphatic rings. The van der Waals surface area contributed by atoms with E-state index < -0.39 is 74.8 Å². The summed E-state index contributed by atoms with van der Waals surface area (Å²) in [6.45, 7) is 3.67. The van der Waals surface area contributed by atoms with Crippen LogP contribution in [0.15, 0.2) is 110 Å². The van der Waals surface area contributed by atoms with E-state index >= 15 is 26.3 Å². The molecule has 0 amide bonds. The van der Waals surface area contributed by atoms with Gasteiger partial charge in [0.05, 0.1) is 10.6 Å². The number of benzene rings is 5. The summed E-state index contributed by atoms with van der Waals surface area (Å²) < 4.78 is 151. The Hall–Kier alpha value is -5.23. The highest BCUT2D eigenvalue weighted by atomic mass is 35.5. The van der Waals surface area contributed by atoms with Crippen molar-refractivity contribution in [3.8, 4) is 44.9 Å². The maximum Gasteiger partial charge on any atom is 0.573 e. The summed E-state index contributed by atoms with van der Waals surface area (Å²) in [4.78, 5) is 0. The summed E-state index contributed by atoms with van der Waals surface area (Å²) in [5.74, 6) is -9.18. The van der Waals surface area contributed by atoms with Crippen LogP contribution in [-0.2, 0) is 12.5 Å². The van der Waals surface area contributed by atoms with Crippen LogP contribution in [0.2, 0.25) is 5.02 Å². The molecule has 13 heteroatoms. The van der Waals surface area contributed by atoms with Crippen molar-refractivity contribution < 1.29 is 53.4 Å². The van der Waals surface area contributed by atoms with Crippen LogP contribution >= 0.6 is 11.6 Å². The van der Waals surface area contributed by atoms with Crippen LogP contribution in [0.3, 0.4) is 0 Å². The molecule has 53 heavy (non-hydrogen) atoms. The SMILES string of the molecule is C=CCC/C=C/CCc1ccc(-c2cc(F)c(C(F)(F)Oc3cc(F)c(-c4ccc(-c5ccc(OC(F)(F)F)c(F)c5)c(F)c4)c(F)c3)c(Cl)c2)cc1. The molecular formula is C40H27ClF10O2. The van der Waals surface area contributed by atoms with Gasteiger partial charge in [0, 0.05) is 17.7 Å². The molecule has 0 saturated heterocycles. The zero-order chi connectivity index (χ0) is 38.5. The van der Waals surface area contributed by atoms with Gasteiger partial charge in [-0.15, -0.1) is 19.8 Å². The summed E-state index contributed by atoms with van der Waals surface area (Å²) >= 11 is 6.10. The second kappa shape index (κ2) is 16.2. The molecule has 0 fully saturated rings. The monoisotopic (exact) mass is 764 g/mol. The zero-order valence-corrected chi connectivity index (χ0v) is 28.1. The van der Waals surface area contributed by atoms with Gasteiger partial charge in [0.15, 0.2) is 11.6 Å². The fourth-order valence-electron chi connectivity index (χ4n) is 5.45. The Balaban J connectivity index is 1.32. The number of hydrogen-bond acceptors (Lipinski definition) is 2. The topological polar surface area (TPSA) is 18.5 Å². The maximum absolute atomic E-state index is 15.3. The van der Waals surface area contributed by atoms with E-state index in [-0.39, 0.29) is 16.7 Å². The number of allylic oxidation sites excluding steroid dienone is 3. The van der Waals surface area contributed by atoms with Crippen LogP contribution in [0.25, 0.3) is 33.4 Å². The first-order valence-electron chi connectivity index (χ1n) is 15.8. The van der Waals surface area contributed by atoms with Crippen LogP contribution in [0.5, 0.6) is 11.5 Å². The van der Waals surface area contributed by atoms with Gasteiger partial charge < -0.3 is 9.47 Å². The third-order valence-corrected chi connectivity index (χ3v) is 8.21. The minimum Gasteiger partial charge on any atom is -0.429 e. The third-order valence-electron chi connectivity index (χ3n) is 7.91. The molecule has 5 rings (SSSR count). The lowest BCUT2D eigenvalue weighted by atomic mass is 9.98. The number of halogens is 11. The molecule has 0 atom stereocenters. The Morgan fingerprint density at radius 1 is 0.585 bits per heavy atom. The highest BCUT2D eigenvalue weighted by Crippen LogP contribution is 2.41. The van der Waals surface area contributed by atoms with Gasteiger partial charge in [-0.05, 0) is 83.8 Å². The minimum atomic E-state index is -5.17. The lowest BCUT2D eigenvalue weighted by Crippen LogP contribution is -2.24. The van der Waals surface area contributed by atoms with E-state index in [0.717, 1.165) is 61.6 Å². The van der Waals surface area contributed by atoms with E-state index in [2.05, 4.69) is 28.2 Å². The first-order valence-corrected chi connectivity index (χ1v) is 16.2. The van der Waals surface area contributed by atoms with Crippen LogP contribution < -0.4 is 9.47 Å². The van der Waals surface area contributed by atoms with Gasteiger partial charge >= 0.3 is 12.5 Å². The Bertz CT molecular complexity index is 2100. The van der Waals surface area contributed by atoms with E-state index in [1.807, 2.05) is 18.2 Å². The summed E-state index contributed by atoms with van der Waals surface area (Å²) in [6, 6.07) is 14.5. The van der Waals surface area contributed by atoms with Crippen molar-refractivity contribution >= 4 is 11.6 Å². The van der Waals surface area contributed by atoms with Crippen LogP contribution in [0.1, 0.15) is 30.4 Å². The molecule has 0 bridgehead atoms. The molecule has 0 radical (unpaired) electrons. The van der Waals surface area contributed by atoms with Gasteiger partial charge in [-0.2, -0.15) is 8.78 Å². The van der Waals surface area contributed by atoms with Crippen molar-refractivity contribution in [2.45, 2.75) is 38.2 Å². The standard InChI is InChI=1S/C40H27ClF10O2/c1-2-3-4-5-6-7-8-23-9-11-24(12-10-23)27-17-30(41)38(35(46)20-27)39(47,48)52-28-21-33(44)37(34(45)22-28)26-13-15-29(31(42)19-26)25-14-16-36(32(43)18-25)53-40(49,50)51/h2,5-6,9-22H,1,3-4,7-8H2/b6-5+. The number of unbranched alkanes of at least 4 members (excludes halogenated alkanes) is 1. The van der Waals surface area contributed by atoms with Gasteiger partial charge in [0.1, 0.15) is 34.6 Å². The highest BCUT2D eigenvalue weighted by Gasteiger charge is 2.41. The van der Waals surface area contributed by atoms with Crippen molar-refractivity contribution in [3.63, 3.8) is 0 Å². The van der Waals surface area contributed by atoms with Crippen molar-refractivity contribution in [2.24, 2.45) is 0 Å². The molecule has 0 N–H and O–H groups in total. The number of hydrogen-bond donors (Lipinski definition) is 0. The van der Waals surface area contributed by atoms with Crippen LogP contribution in [-0.4, -0.2) is 6.36 Å². The molecular weight excluding hydrogens is 738 g/mol. The predicted molar refractivity (Wildman–Crippen MR) is 182 cm³/mol. The first-order chi connectivity index (χ1) is 25.1. The molecule has 0 spiro atoms. The molecule has 0 saturated carbocycles. The number of alkyl halides is 5. The summed E-state index contributed by atoms with van der Waals surface area (Å²) in [5, 5.41) is -0.714. The molecule has 2 nitrogen and oxygen atoms in total. The van der Waals surface area contributed by atoms with E-state index in [1.165, 1.54) is 0 Å². The molecule has 0 unspecified atom stereocenters. The molecule has 0 aromatic heterocycles. The van der Waals surface area contributed by atoms with Crippen molar-refractivity contribution in [1.82, 2.24) is 0 Å². The average Bonchev–Trinajstić information content (AvgIpc) is 3.06. The summed E-state index contributed by atoms with van der Waals surface area (Å²) in [7, 11) is 0. The Morgan fingerprint density at radius 3 is 1.79 bits per heavy atom. The second-order valence-corrected chi connectivity index (χ2v) is 12.1. The third kappa shape index (κ3) is 9.61. The zero-order valence-electron chi connectivity index (χ0n) is 27.3. The average molecular weight is 765 g/mol. The Morgan fingerprint density at radius 2 is 1.19 bits per heavy atom. The lowest BCUT2D eigenvalue weighted by Gasteiger charge is -2.21.